The summed E-state index contributed by atoms with van der Waals surface area (Å²) in [7, 11) is 0. The normalized spacial score (nSPS) is 10.7. The Morgan fingerprint density at radius 1 is 1.36 bits per heavy atom. The van der Waals surface area contributed by atoms with Gasteiger partial charge in [-0.15, -0.1) is 11.8 Å². The largest absolute Gasteiger partial charge is 0.349 e. The maximum Gasteiger partial charge on any atom is 0.204 e. The summed E-state index contributed by atoms with van der Waals surface area (Å²) in [6.07, 6.45) is 1.94. The van der Waals surface area contributed by atoms with E-state index in [1.54, 1.807) is 0 Å². The number of nitrogens with one attached hydrogen (secondary N) is 1. The van der Waals surface area contributed by atoms with E-state index in [9.17, 15) is 4.79 Å². The van der Waals surface area contributed by atoms with Crippen LogP contribution in [0.2, 0.25) is 0 Å². The first-order chi connectivity index (χ1) is 6.74. The van der Waals surface area contributed by atoms with Gasteiger partial charge in [0.2, 0.25) is 5.43 Å². The first-order valence-electron chi connectivity index (χ1n) is 4.08. The fraction of sp³-hybridized carbons (Fsp3) is 0.100. The fourth-order valence-corrected chi connectivity index (χ4v) is 2.61. The van der Waals surface area contributed by atoms with Crippen LogP contribution in [0.25, 0.3) is 10.9 Å². The van der Waals surface area contributed by atoms with Gasteiger partial charge in [-0.2, -0.15) is 0 Å². The van der Waals surface area contributed by atoms with Crippen molar-refractivity contribution >= 4 is 38.6 Å². The van der Waals surface area contributed by atoms with Crippen LogP contribution in [0.15, 0.2) is 38.6 Å². The number of para-hydroxylation sites is 1. The van der Waals surface area contributed by atoms with Crippen molar-refractivity contribution < 1.29 is 0 Å². The van der Waals surface area contributed by atoms with E-state index in [2.05, 4.69) is 20.9 Å². The number of aromatic amines is 1. The van der Waals surface area contributed by atoms with Gasteiger partial charge >= 0.3 is 0 Å². The fourth-order valence-electron chi connectivity index (χ4n) is 1.33. The summed E-state index contributed by atoms with van der Waals surface area (Å²) in [6.45, 7) is 0. The monoisotopic (exact) mass is 269 g/mol. The molecule has 0 fully saturated rings. The Hall–Kier alpha value is -0.740. The number of rotatable bonds is 1. The molecule has 72 valence electrons. The van der Waals surface area contributed by atoms with Gasteiger partial charge in [-0.3, -0.25) is 4.79 Å². The second-order valence-electron chi connectivity index (χ2n) is 2.85. The van der Waals surface area contributed by atoms with E-state index in [0.717, 1.165) is 15.9 Å². The number of thioether (sulfide) groups is 1. The van der Waals surface area contributed by atoms with Gasteiger partial charge in [-0.25, -0.2) is 0 Å². The molecule has 0 aliphatic rings. The molecule has 0 atom stereocenters. The van der Waals surface area contributed by atoms with E-state index in [-0.39, 0.29) is 5.43 Å². The Bertz CT molecular complexity index is 535. The zero-order valence-corrected chi connectivity index (χ0v) is 9.91. The Kier molecular flexibility index (Phi) is 2.65. The smallest absolute Gasteiger partial charge is 0.204 e. The van der Waals surface area contributed by atoms with Gasteiger partial charge in [0.1, 0.15) is 0 Å². The van der Waals surface area contributed by atoms with Crippen LogP contribution >= 0.6 is 27.7 Å². The number of benzene rings is 1. The Morgan fingerprint density at radius 3 is 2.79 bits per heavy atom. The van der Waals surface area contributed by atoms with Crippen LogP contribution in [-0.4, -0.2) is 11.2 Å². The zero-order valence-electron chi connectivity index (χ0n) is 7.50. The molecule has 0 saturated carbocycles. The maximum atomic E-state index is 11.8. The van der Waals surface area contributed by atoms with Gasteiger partial charge in [-0.05, 0) is 34.3 Å². The zero-order chi connectivity index (χ0) is 10.1. The molecule has 0 amide bonds. The first kappa shape index (κ1) is 9.80. The maximum absolute atomic E-state index is 11.8. The number of aromatic nitrogens is 1. The Labute approximate surface area is 93.8 Å². The summed E-state index contributed by atoms with van der Waals surface area (Å²) in [5.41, 5.74) is 0.925. The van der Waals surface area contributed by atoms with Crippen molar-refractivity contribution in [2.24, 2.45) is 0 Å². The van der Waals surface area contributed by atoms with Crippen molar-refractivity contribution in [3.8, 4) is 0 Å². The SMILES string of the molecule is CSc1[nH]c2ccccc2c(=O)c1Br. The van der Waals surface area contributed by atoms with E-state index < -0.39 is 0 Å². The molecular formula is C10H8BrNOS. The number of fused-ring (bicyclic) bond motifs is 1. The van der Waals surface area contributed by atoms with Crippen molar-refractivity contribution in [3.63, 3.8) is 0 Å². The standard InChI is InChI=1S/C10H8BrNOS/c1-14-10-8(11)9(13)6-4-2-3-5-7(6)12-10/h2-5H,1H3,(H,12,13). The van der Waals surface area contributed by atoms with Crippen molar-refractivity contribution in [1.82, 2.24) is 4.98 Å². The summed E-state index contributed by atoms with van der Waals surface area (Å²) in [6, 6.07) is 7.50. The van der Waals surface area contributed by atoms with E-state index in [1.807, 2.05) is 30.5 Å². The molecule has 0 saturated heterocycles. The minimum absolute atomic E-state index is 0.0451. The van der Waals surface area contributed by atoms with Crippen LogP contribution < -0.4 is 5.43 Å². The number of H-pyrrole nitrogens is 1. The molecule has 0 unspecified atom stereocenters. The lowest BCUT2D eigenvalue weighted by Gasteiger charge is -2.03. The minimum Gasteiger partial charge on any atom is -0.349 e. The first-order valence-corrected chi connectivity index (χ1v) is 6.10. The van der Waals surface area contributed by atoms with Gasteiger partial charge in [0.05, 0.1) is 15.0 Å². The highest BCUT2D eigenvalue weighted by molar-refractivity contribution is 9.10. The molecule has 0 bridgehead atoms. The molecule has 0 radical (unpaired) electrons. The molecule has 4 heteroatoms. The summed E-state index contributed by atoms with van der Waals surface area (Å²) < 4.78 is 0.615. The van der Waals surface area contributed by atoms with Crippen molar-refractivity contribution in [3.05, 3.63) is 39.0 Å². The molecule has 14 heavy (non-hydrogen) atoms. The third-order valence-corrected chi connectivity index (χ3v) is 3.76. The number of hydrogen-bond donors (Lipinski definition) is 1. The molecule has 2 aromatic rings. The molecule has 0 aliphatic carbocycles. The third-order valence-electron chi connectivity index (χ3n) is 2.02. The van der Waals surface area contributed by atoms with Gasteiger partial charge in [0, 0.05) is 5.39 Å². The lowest BCUT2D eigenvalue weighted by Crippen LogP contribution is -2.05. The van der Waals surface area contributed by atoms with Crippen molar-refractivity contribution in [2.75, 3.05) is 6.26 Å². The average molecular weight is 270 g/mol. The van der Waals surface area contributed by atoms with Crippen molar-refractivity contribution in [1.29, 1.82) is 0 Å². The van der Waals surface area contributed by atoms with Crippen LogP contribution in [0, 0.1) is 0 Å². The molecule has 2 nitrogen and oxygen atoms in total. The molecule has 0 aliphatic heterocycles. The van der Waals surface area contributed by atoms with Crippen LogP contribution in [-0.2, 0) is 0 Å². The van der Waals surface area contributed by atoms with E-state index in [4.69, 9.17) is 0 Å². The minimum atomic E-state index is 0.0451. The van der Waals surface area contributed by atoms with Crippen molar-refractivity contribution in [2.45, 2.75) is 5.03 Å². The Morgan fingerprint density at radius 2 is 2.07 bits per heavy atom. The topological polar surface area (TPSA) is 32.9 Å². The van der Waals surface area contributed by atoms with Crippen LogP contribution in [0.3, 0.4) is 0 Å². The average Bonchev–Trinajstić information content (AvgIpc) is 2.23. The molecule has 1 aromatic heterocycles. The third kappa shape index (κ3) is 1.48. The second kappa shape index (κ2) is 3.79. The summed E-state index contributed by atoms with van der Waals surface area (Å²) in [5, 5.41) is 1.59. The highest BCUT2D eigenvalue weighted by Gasteiger charge is 2.07. The van der Waals surface area contributed by atoms with E-state index >= 15 is 0 Å². The lowest BCUT2D eigenvalue weighted by molar-refractivity contribution is 1.15. The predicted molar refractivity (Wildman–Crippen MR) is 64.0 cm³/mol. The second-order valence-corrected chi connectivity index (χ2v) is 4.46. The highest BCUT2D eigenvalue weighted by Crippen LogP contribution is 2.22. The van der Waals surface area contributed by atoms with Crippen LogP contribution in [0.5, 0.6) is 0 Å². The molecule has 1 N–H and O–H groups in total. The van der Waals surface area contributed by atoms with Gasteiger partial charge in [0.15, 0.2) is 0 Å². The molecule has 1 aromatic carbocycles. The molecule has 1 heterocycles. The summed E-state index contributed by atoms with van der Waals surface area (Å²) in [5.74, 6) is 0. The molecular weight excluding hydrogens is 262 g/mol. The predicted octanol–water partition coefficient (Wildman–Crippen LogP) is 3.01. The number of hydrogen-bond acceptors (Lipinski definition) is 2. The van der Waals surface area contributed by atoms with Crippen LogP contribution in [0.1, 0.15) is 0 Å². The summed E-state index contributed by atoms with van der Waals surface area (Å²) in [4.78, 5) is 15.0. The molecule has 2 rings (SSSR count). The highest BCUT2D eigenvalue weighted by atomic mass is 79.9. The summed E-state index contributed by atoms with van der Waals surface area (Å²) >= 11 is 4.82. The Balaban J connectivity index is 2.92. The van der Waals surface area contributed by atoms with Gasteiger partial charge in [-0.1, -0.05) is 12.1 Å². The van der Waals surface area contributed by atoms with E-state index in [1.165, 1.54) is 11.8 Å². The number of halogens is 1. The van der Waals surface area contributed by atoms with Gasteiger partial charge < -0.3 is 4.98 Å². The number of pyridine rings is 1. The quantitative estimate of drug-likeness (QED) is 0.808. The van der Waals surface area contributed by atoms with Gasteiger partial charge in [0.25, 0.3) is 0 Å². The lowest BCUT2D eigenvalue weighted by atomic mass is 10.2. The molecule has 0 spiro atoms. The van der Waals surface area contributed by atoms with E-state index in [0.29, 0.717) is 4.47 Å². The van der Waals surface area contributed by atoms with Crippen LogP contribution in [0.4, 0.5) is 0 Å².